The predicted octanol–water partition coefficient (Wildman–Crippen LogP) is 2.48. The first-order chi connectivity index (χ1) is 6.92. The fourth-order valence-corrected chi connectivity index (χ4v) is 2.12. The van der Waals surface area contributed by atoms with Crippen molar-refractivity contribution in [2.45, 2.75) is 6.54 Å². The number of nitrogens with zero attached hydrogens (tertiary/aromatic N) is 1. The van der Waals surface area contributed by atoms with E-state index in [1.54, 1.807) is 0 Å². The molecule has 1 aliphatic rings. The van der Waals surface area contributed by atoms with Gasteiger partial charge in [-0.3, -0.25) is 4.79 Å². The van der Waals surface area contributed by atoms with Gasteiger partial charge in [-0.15, -0.1) is 0 Å². The summed E-state index contributed by atoms with van der Waals surface area (Å²) in [4.78, 5) is 11.0. The maximum absolute atomic E-state index is 11.0. The molecule has 0 saturated carbocycles. The number of carbonyl (C=O) groups excluding carboxylic acids is 1. The van der Waals surface area contributed by atoms with Gasteiger partial charge in [0.2, 0.25) is 0 Å². The Labute approximate surface area is 81.5 Å². The maximum atomic E-state index is 11.0. The summed E-state index contributed by atoms with van der Waals surface area (Å²) in [7, 11) is 0. The molecule has 2 heteroatoms. The normalized spacial score (nSPS) is 13.4. The summed E-state index contributed by atoms with van der Waals surface area (Å²) in [6, 6.07) is 8.02. The minimum Gasteiger partial charge on any atom is -0.336 e. The van der Waals surface area contributed by atoms with Crippen LogP contribution in [-0.2, 0) is 6.54 Å². The molecule has 0 spiro atoms. The zero-order chi connectivity index (χ0) is 9.54. The van der Waals surface area contributed by atoms with E-state index in [9.17, 15) is 4.79 Å². The van der Waals surface area contributed by atoms with Crippen molar-refractivity contribution in [2.75, 3.05) is 0 Å². The van der Waals surface area contributed by atoms with Gasteiger partial charge in [-0.05, 0) is 12.1 Å². The molecule has 68 valence electrons. The topological polar surface area (TPSA) is 22.0 Å². The number of hydrogen-bond donors (Lipinski definition) is 0. The van der Waals surface area contributed by atoms with Crippen LogP contribution in [-0.4, -0.2) is 10.9 Å². The number of aromatic nitrogens is 1. The van der Waals surface area contributed by atoms with Crippen LogP contribution in [0.3, 0.4) is 0 Å². The average molecular weight is 183 g/mol. The number of aldehydes is 1. The Kier molecular flexibility index (Phi) is 1.39. The Morgan fingerprint density at radius 3 is 3.00 bits per heavy atom. The van der Waals surface area contributed by atoms with Crippen LogP contribution in [0.15, 0.2) is 30.3 Å². The second-order valence-corrected chi connectivity index (χ2v) is 3.45. The van der Waals surface area contributed by atoms with Gasteiger partial charge < -0.3 is 4.57 Å². The average Bonchev–Trinajstić information content (AvgIpc) is 2.77. The molecule has 2 nitrogen and oxygen atoms in total. The zero-order valence-electron chi connectivity index (χ0n) is 7.60. The van der Waals surface area contributed by atoms with Crippen molar-refractivity contribution in [3.05, 3.63) is 41.6 Å². The highest BCUT2D eigenvalue weighted by molar-refractivity contribution is 6.02. The first-order valence-electron chi connectivity index (χ1n) is 4.65. The summed E-state index contributed by atoms with van der Waals surface area (Å²) >= 11 is 0. The van der Waals surface area contributed by atoms with Gasteiger partial charge in [-0.1, -0.05) is 24.3 Å². The minimum absolute atomic E-state index is 0.814. The van der Waals surface area contributed by atoms with E-state index in [4.69, 9.17) is 0 Å². The molecule has 0 radical (unpaired) electrons. The molecule has 1 aromatic heterocycles. The van der Waals surface area contributed by atoms with Gasteiger partial charge in [0.1, 0.15) is 0 Å². The fraction of sp³-hybridized carbons (Fsp3) is 0.0833. The number of para-hydroxylation sites is 1. The summed E-state index contributed by atoms with van der Waals surface area (Å²) in [6.45, 7) is 0.879. The molecular weight excluding hydrogens is 174 g/mol. The van der Waals surface area contributed by atoms with Gasteiger partial charge >= 0.3 is 0 Å². The summed E-state index contributed by atoms with van der Waals surface area (Å²) < 4.78 is 2.17. The van der Waals surface area contributed by atoms with Crippen LogP contribution in [0, 0.1) is 0 Å². The van der Waals surface area contributed by atoms with Crippen LogP contribution in [0.4, 0.5) is 0 Å². The smallest absolute Gasteiger partial charge is 0.152 e. The van der Waals surface area contributed by atoms with Crippen molar-refractivity contribution >= 4 is 23.3 Å². The second kappa shape index (κ2) is 2.58. The Bertz CT molecular complexity index is 549. The van der Waals surface area contributed by atoms with E-state index in [1.807, 2.05) is 24.3 Å². The molecule has 0 unspecified atom stereocenters. The zero-order valence-corrected chi connectivity index (χ0v) is 7.60. The second-order valence-electron chi connectivity index (χ2n) is 3.45. The van der Waals surface area contributed by atoms with E-state index in [2.05, 4.69) is 16.7 Å². The van der Waals surface area contributed by atoms with Crippen molar-refractivity contribution in [3.63, 3.8) is 0 Å². The molecule has 2 heterocycles. The van der Waals surface area contributed by atoms with Gasteiger partial charge in [-0.25, -0.2) is 0 Å². The number of rotatable bonds is 1. The Balaban J connectivity index is 2.53. The molecule has 2 aromatic rings. The highest BCUT2D eigenvalue weighted by Gasteiger charge is 2.15. The Morgan fingerprint density at radius 2 is 2.14 bits per heavy atom. The Morgan fingerprint density at radius 1 is 1.29 bits per heavy atom. The lowest BCUT2D eigenvalue weighted by Gasteiger charge is -1.97. The van der Waals surface area contributed by atoms with Crippen molar-refractivity contribution in [3.8, 4) is 0 Å². The molecule has 0 saturated heterocycles. The Hall–Kier alpha value is -1.83. The molecule has 0 bridgehead atoms. The molecule has 1 aliphatic heterocycles. The molecule has 0 N–H and O–H groups in total. The summed E-state index contributed by atoms with van der Waals surface area (Å²) in [5.74, 6) is 0. The van der Waals surface area contributed by atoms with Gasteiger partial charge in [0.05, 0.1) is 5.69 Å². The third-order valence-corrected chi connectivity index (χ3v) is 2.73. The van der Waals surface area contributed by atoms with Gasteiger partial charge in [0.25, 0.3) is 0 Å². The number of hydrogen-bond acceptors (Lipinski definition) is 1. The number of carbonyl (C=O) groups is 1. The van der Waals surface area contributed by atoms with Gasteiger partial charge in [-0.2, -0.15) is 0 Å². The highest BCUT2D eigenvalue weighted by Crippen LogP contribution is 2.28. The van der Waals surface area contributed by atoms with Crippen molar-refractivity contribution in [1.29, 1.82) is 0 Å². The largest absolute Gasteiger partial charge is 0.336 e. The highest BCUT2D eigenvalue weighted by atomic mass is 16.1. The van der Waals surface area contributed by atoms with Crippen LogP contribution in [0.2, 0.25) is 0 Å². The molecule has 0 amide bonds. The molecule has 0 aliphatic carbocycles. The van der Waals surface area contributed by atoms with Crippen LogP contribution < -0.4 is 0 Å². The van der Waals surface area contributed by atoms with Crippen molar-refractivity contribution in [1.82, 2.24) is 4.57 Å². The van der Waals surface area contributed by atoms with Crippen molar-refractivity contribution < 1.29 is 4.79 Å². The van der Waals surface area contributed by atoms with E-state index >= 15 is 0 Å². The van der Waals surface area contributed by atoms with E-state index in [0.717, 1.165) is 35.0 Å². The lowest BCUT2D eigenvalue weighted by Crippen LogP contribution is -1.91. The number of benzene rings is 1. The van der Waals surface area contributed by atoms with E-state index in [0.29, 0.717) is 0 Å². The molecule has 3 rings (SSSR count). The quantitative estimate of drug-likeness (QED) is 0.622. The third kappa shape index (κ3) is 0.777. The molecule has 1 aromatic carbocycles. The van der Waals surface area contributed by atoms with E-state index in [1.165, 1.54) is 0 Å². The third-order valence-electron chi connectivity index (χ3n) is 2.73. The predicted molar refractivity (Wildman–Crippen MR) is 56.4 cm³/mol. The SMILES string of the molecule is O=Cc1c2n(c3ccccc13)CC=C2. The van der Waals surface area contributed by atoms with Gasteiger partial charge in [0.15, 0.2) is 6.29 Å². The summed E-state index contributed by atoms with van der Waals surface area (Å²) in [5, 5.41) is 1.06. The minimum atomic E-state index is 0.814. The molecule has 0 atom stereocenters. The first-order valence-corrected chi connectivity index (χ1v) is 4.65. The van der Waals surface area contributed by atoms with Crippen LogP contribution >= 0.6 is 0 Å². The molecular formula is C12H9NO. The number of allylic oxidation sites excluding steroid dienone is 1. The molecule has 0 fully saturated rings. The fourth-order valence-electron chi connectivity index (χ4n) is 2.12. The maximum Gasteiger partial charge on any atom is 0.152 e. The first kappa shape index (κ1) is 7.56. The number of fused-ring (bicyclic) bond motifs is 3. The van der Waals surface area contributed by atoms with Gasteiger partial charge in [0, 0.05) is 23.0 Å². The summed E-state index contributed by atoms with van der Waals surface area (Å²) in [6.07, 6.45) is 5.04. The summed E-state index contributed by atoms with van der Waals surface area (Å²) in [5.41, 5.74) is 3.00. The van der Waals surface area contributed by atoms with Crippen LogP contribution in [0.25, 0.3) is 17.0 Å². The van der Waals surface area contributed by atoms with Crippen molar-refractivity contribution in [2.24, 2.45) is 0 Å². The van der Waals surface area contributed by atoms with Crippen LogP contribution in [0.5, 0.6) is 0 Å². The molecule has 14 heavy (non-hydrogen) atoms. The monoisotopic (exact) mass is 183 g/mol. The van der Waals surface area contributed by atoms with E-state index < -0.39 is 0 Å². The lowest BCUT2D eigenvalue weighted by molar-refractivity contribution is 0.112. The standard InChI is InChI=1S/C12H9NO/c14-8-10-9-4-1-2-5-11(9)13-7-3-6-12(10)13/h1-6,8H,7H2. The lowest BCUT2D eigenvalue weighted by atomic mass is 10.1. The van der Waals surface area contributed by atoms with Crippen LogP contribution in [0.1, 0.15) is 16.1 Å². The van der Waals surface area contributed by atoms with E-state index in [-0.39, 0.29) is 0 Å².